The molecule has 0 amide bonds. The molecule has 0 radical (unpaired) electrons. The first-order valence-electron chi connectivity index (χ1n) is 6.48. The predicted molar refractivity (Wildman–Crippen MR) is 77.1 cm³/mol. The van der Waals surface area contributed by atoms with Crippen molar-refractivity contribution in [1.82, 2.24) is 0 Å². The standard InChI is InChI=1S/C15H23NO4/c1-15(2,9-14(17)18)8-12(16)11-7-10(19-3)5-6-13(11)20-4/h5-7,12H,8-9,16H2,1-4H3,(H,17,18). The molecule has 0 fully saturated rings. The number of ether oxygens (including phenoxy) is 2. The van der Waals surface area contributed by atoms with Crippen molar-refractivity contribution in [2.45, 2.75) is 32.7 Å². The van der Waals surface area contributed by atoms with Crippen LogP contribution in [0.4, 0.5) is 0 Å². The SMILES string of the molecule is COc1ccc(OC)c(C(N)CC(C)(C)CC(=O)O)c1. The van der Waals surface area contributed by atoms with E-state index in [-0.39, 0.29) is 17.9 Å². The van der Waals surface area contributed by atoms with Crippen LogP contribution in [0.3, 0.4) is 0 Å². The molecule has 0 aliphatic heterocycles. The van der Waals surface area contributed by atoms with Crippen LogP contribution in [-0.2, 0) is 4.79 Å². The Morgan fingerprint density at radius 1 is 1.35 bits per heavy atom. The zero-order valence-corrected chi connectivity index (χ0v) is 12.5. The molecule has 1 aromatic carbocycles. The van der Waals surface area contributed by atoms with Crippen LogP contribution >= 0.6 is 0 Å². The Bertz CT molecular complexity index is 471. The van der Waals surface area contributed by atoms with E-state index in [0.29, 0.717) is 17.9 Å². The number of rotatable bonds is 7. The average Bonchev–Trinajstić information content (AvgIpc) is 2.35. The molecule has 0 heterocycles. The summed E-state index contributed by atoms with van der Waals surface area (Å²) >= 11 is 0. The molecule has 5 heteroatoms. The highest BCUT2D eigenvalue weighted by Crippen LogP contribution is 2.36. The zero-order valence-electron chi connectivity index (χ0n) is 12.5. The quantitative estimate of drug-likeness (QED) is 0.802. The van der Waals surface area contributed by atoms with Gasteiger partial charge in [0, 0.05) is 11.6 Å². The lowest BCUT2D eigenvalue weighted by atomic mass is 9.81. The van der Waals surface area contributed by atoms with Crippen LogP contribution in [0.5, 0.6) is 11.5 Å². The molecule has 0 aliphatic rings. The van der Waals surface area contributed by atoms with Crippen LogP contribution in [0.2, 0.25) is 0 Å². The van der Waals surface area contributed by atoms with Crippen molar-refractivity contribution in [3.63, 3.8) is 0 Å². The second-order valence-electron chi connectivity index (χ2n) is 5.65. The van der Waals surface area contributed by atoms with Gasteiger partial charge in [0.1, 0.15) is 11.5 Å². The number of carbonyl (C=O) groups is 1. The Kier molecular flexibility index (Phi) is 5.39. The third kappa shape index (κ3) is 4.42. The maximum Gasteiger partial charge on any atom is 0.303 e. The molecule has 1 atom stereocenters. The second-order valence-corrected chi connectivity index (χ2v) is 5.65. The van der Waals surface area contributed by atoms with E-state index < -0.39 is 5.97 Å². The van der Waals surface area contributed by atoms with E-state index in [4.69, 9.17) is 20.3 Å². The first-order chi connectivity index (χ1) is 9.29. The average molecular weight is 281 g/mol. The van der Waals surface area contributed by atoms with Crippen LogP contribution in [0, 0.1) is 5.41 Å². The summed E-state index contributed by atoms with van der Waals surface area (Å²) in [5.74, 6) is 0.566. The summed E-state index contributed by atoms with van der Waals surface area (Å²) in [7, 11) is 3.17. The second kappa shape index (κ2) is 6.61. The highest BCUT2D eigenvalue weighted by atomic mass is 16.5. The van der Waals surface area contributed by atoms with Gasteiger partial charge in [-0.25, -0.2) is 0 Å². The lowest BCUT2D eigenvalue weighted by Gasteiger charge is -2.27. The van der Waals surface area contributed by atoms with Gasteiger partial charge in [0.05, 0.1) is 20.6 Å². The molecule has 0 aromatic heterocycles. The number of carboxylic acids is 1. The Morgan fingerprint density at radius 3 is 2.50 bits per heavy atom. The van der Waals surface area contributed by atoms with Gasteiger partial charge < -0.3 is 20.3 Å². The van der Waals surface area contributed by atoms with Crippen molar-refractivity contribution in [2.24, 2.45) is 11.1 Å². The molecule has 5 nitrogen and oxygen atoms in total. The molecule has 1 aromatic rings. The van der Waals surface area contributed by atoms with E-state index in [2.05, 4.69) is 0 Å². The van der Waals surface area contributed by atoms with Crippen LogP contribution in [0.15, 0.2) is 18.2 Å². The van der Waals surface area contributed by atoms with Crippen molar-refractivity contribution in [3.8, 4) is 11.5 Å². The molecule has 0 saturated carbocycles. The number of nitrogens with two attached hydrogens (primary N) is 1. The number of aliphatic carboxylic acids is 1. The highest BCUT2D eigenvalue weighted by molar-refractivity contribution is 5.67. The number of hydrogen-bond acceptors (Lipinski definition) is 4. The minimum absolute atomic E-state index is 0.0764. The van der Waals surface area contributed by atoms with E-state index in [1.807, 2.05) is 19.9 Å². The van der Waals surface area contributed by atoms with Gasteiger partial charge in [0.25, 0.3) is 0 Å². The van der Waals surface area contributed by atoms with Crippen LogP contribution in [-0.4, -0.2) is 25.3 Å². The van der Waals surface area contributed by atoms with Crippen LogP contribution in [0.1, 0.15) is 38.3 Å². The number of carboxylic acid groups (broad SMARTS) is 1. The molecule has 0 spiro atoms. The number of methoxy groups -OCH3 is 2. The smallest absolute Gasteiger partial charge is 0.303 e. The fourth-order valence-corrected chi connectivity index (χ4v) is 2.32. The molecular formula is C15H23NO4. The minimum atomic E-state index is -0.820. The van der Waals surface area contributed by atoms with E-state index in [0.717, 1.165) is 5.56 Å². The van der Waals surface area contributed by atoms with Crippen molar-refractivity contribution in [1.29, 1.82) is 0 Å². The molecule has 0 saturated heterocycles. The summed E-state index contributed by atoms with van der Waals surface area (Å²) in [4.78, 5) is 10.9. The fraction of sp³-hybridized carbons (Fsp3) is 0.533. The molecule has 112 valence electrons. The summed E-state index contributed by atoms with van der Waals surface area (Å²) in [5.41, 5.74) is 6.66. The van der Waals surface area contributed by atoms with Crippen molar-refractivity contribution >= 4 is 5.97 Å². The van der Waals surface area contributed by atoms with Crippen LogP contribution in [0.25, 0.3) is 0 Å². The van der Waals surface area contributed by atoms with E-state index in [9.17, 15) is 4.79 Å². The Labute approximate surface area is 119 Å². The minimum Gasteiger partial charge on any atom is -0.497 e. The predicted octanol–water partition coefficient (Wildman–Crippen LogP) is 2.59. The molecule has 1 rings (SSSR count). The summed E-state index contributed by atoms with van der Waals surface area (Å²) in [5, 5.41) is 8.93. The first kappa shape index (κ1) is 16.3. The maximum absolute atomic E-state index is 10.9. The monoisotopic (exact) mass is 281 g/mol. The maximum atomic E-state index is 10.9. The van der Waals surface area contributed by atoms with Gasteiger partial charge in [-0.3, -0.25) is 4.79 Å². The third-order valence-electron chi connectivity index (χ3n) is 3.24. The van der Waals surface area contributed by atoms with Gasteiger partial charge in [0.15, 0.2) is 0 Å². The fourth-order valence-electron chi connectivity index (χ4n) is 2.32. The Morgan fingerprint density at radius 2 is 2.00 bits per heavy atom. The molecule has 0 bridgehead atoms. The van der Waals surface area contributed by atoms with Crippen molar-refractivity contribution < 1.29 is 19.4 Å². The van der Waals surface area contributed by atoms with Gasteiger partial charge in [-0.1, -0.05) is 13.8 Å². The first-order valence-corrected chi connectivity index (χ1v) is 6.48. The third-order valence-corrected chi connectivity index (χ3v) is 3.24. The van der Waals surface area contributed by atoms with Gasteiger partial charge >= 0.3 is 5.97 Å². The number of benzene rings is 1. The molecule has 0 aliphatic carbocycles. The van der Waals surface area contributed by atoms with E-state index >= 15 is 0 Å². The zero-order chi connectivity index (χ0) is 15.3. The largest absolute Gasteiger partial charge is 0.497 e. The Hall–Kier alpha value is -1.75. The lowest BCUT2D eigenvalue weighted by molar-refractivity contribution is -0.139. The Balaban J connectivity index is 2.95. The van der Waals surface area contributed by atoms with Gasteiger partial charge in [-0.2, -0.15) is 0 Å². The van der Waals surface area contributed by atoms with E-state index in [1.54, 1.807) is 26.4 Å². The summed E-state index contributed by atoms with van der Waals surface area (Å²) in [6, 6.07) is 5.13. The normalized spacial score (nSPS) is 12.8. The van der Waals surface area contributed by atoms with Crippen molar-refractivity contribution in [3.05, 3.63) is 23.8 Å². The van der Waals surface area contributed by atoms with E-state index in [1.165, 1.54) is 0 Å². The number of hydrogen-bond donors (Lipinski definition) is 2. The highest BCUT2D eigenvalue weighted by Gasteiger charge is 2.26. The summed E-state index contributed by atoms with van der Waals surface area (Å²) in [6.45, 7) is 3.79. The van der Waals surface area contributed by atoms with Crippen LogP contribution < -0.4 is 15.2 Å². The van der Waals surface area contributed by atoms with Gasteiger partial charge in [0.2, 0.25) is 0 Å². The molecule has 1 unspecified atom stereocenters. The van der Waals surface area contributed by atoms with Gasteiger partial charge in [-0.15, -0.1) is 0 Å². The summed E-state index contributed by atoms with van der Waals surface area (Å²) in [6.07, 6.45) is 0.621. The topological polar surface area (TPSA) is 81.8 Å². The molecule has 20 heavy (non-hydrogen) atoms. The molecule has 3 N–H and O–H groups in total. The summed E-state index contributed by atoms with van der Waals surface area (Å²) < 4.78 is 10.5. The van der Waals surface area contributed by atoms with Gasteiger partial charge in [-0.05, 0) is 30.0 Å². The van der Waals surface area contributed by atoms with Crippen molar-refractivity contribution in [2.75, 3.05) is 14.2 Å². The lowest BCUT2D eigenvalue weighted by Crippen LogP contribution is -2.24. The molecular weight excluding hydrogens is 258 g/mol.